The molecule has 1 saturated carbocycles. The number of carbonyl (C=O) groups is 1. The maximum atomic E-state index is 12.1. The number of amides is 1. The summed E-state index contributed by atoms with van der Waals surface area (Å²) in [6.07, 6.45) is 5.74. The van der Waals surface area contributed by atoms with Crippen molar-refractivity contribution >= 4 is 5.91 Å². The first-order valence-electron chi connectivity index (χ1n) is 6.46. The van der Waals surface area contributed by atoms with Crippen molar-refractivity contribution in [1.29, 1.82) is 5.26 Å². The van der Waals surface area contributed by atoms with E-state index < -0.39 is 0 Å². The predicted molar refractivity (Wildman–Crippen MR) is 70.1 cm³/mol. The molecule has 3 heteroatoms. The van der Waals surface area contributed by atoms with Gasteiger partial charge in [-0.25, -0.2) is 0 Å². The second kappa shape index (κ2) is 5.22. The lowest BCUT2D eigenvalue weighted by Gasteiger charge is -2.34. The minimum atomic E-state index is -0.0662. The van der Waals surface area contributed by atoms with Crippen LogP contribution in [0.2, 0.25) is 0 Å². The Bertz CT molecular complexity index is 464. The monoisotopic (exact) mass is 242 g/mol. The lowest BCUT2D eigenvalue weighted by molar-refractivity contribution is 0.0882. The zero-order valence-corrected chi connectivity index (χ0v) is 10.7. The minimum absolute atomic E-state index is 0.0381. The molecule has 1 aliphatic rings. The summed E-state index contributed by atoms with van der Waals surface area (Å²) in [5, 5.41) is 11.8. The van der Waals surface area contributed by atoms with E-state index >= 15 is 0 Å². The van der Waals surface area contributed by atoms with Crippen LogP contribution in [0.4, 0.5) is 0 Å². The van der Waals surface area contributed by atoms with Gasteiger partial charge in [-0.3, -0.25) is 4.79 Å². The highest BCUT2D eigenvalue weighted by molar-refractivity contribution is 5.94. The average Bonchev–Trinajstić information content (AvgIpc) is 2.39. The number of carbonyl (C=O) groups excluding carboxylic acids is 1. The van der Waals surface area contributed by atoms with E-state index in [1.54, 1.807) is 24.3 Å². The molecule has 1 amide bonds. The second-order valence-corrected chi connectivity index (χ2v) is 5.26. The SMILES string of the molecule is CC1(NC(=O)c2ccc(C#N)cc2)CCCCC1. The van der Waals surface area contributed by atoms with E-state index in [0.717, 1.165) is 12.8 Å². The van der Waals surface area contributed by atoms with Crippen molar-refractivity contribution in [3.63, 3.8) is 0 Å². The quantitative estimate of drug-likeness (QED) is 0.866. The van der Waals surface area contributed by atoms with Gasteiger partial charge in [0.05, 0.1) is 11.6 Å². The standard InChI is InChI=1S/C15H18N2O/c1-15(9-3-2-4-10-15)17-14(18)13-7-5-12(11-16)6-8-13/h5-8H,2-4,9-10H2,1H3,(H,17,18). The van der Waals surface area contributed by atoms with E-state index in [9.17, 15) is 4.79 Å². The first-order valence-corrected chi connectivity index (χ1v) is 6.46. The fourth-order valence-corrected chi connectivity index (χ4v) is 2.50. The van der Waals surface area contributed by atoms with Gasteiger partial charge in [0.1, 0.15) is 0 Å². The fraction of sp³-hybridized carbons (Fsp3) is 0.467. The molecule has 0 radical (unpaired) electrons. The molecular weight excluding hydrogens is 224 g/mol. The molecule has 0 bridgehead atoms. The lowest BCUT2D eigenvalue weighted by atomic mass is 9.83. The van der Waals surface area contributed by atoms with Gasteiger partial charge in [0, 0.05) is 11.1 Å². The molecule has 1 aromatic carbocycles. The number of nitrogens with one attached hydrogen (secondary N) is 1. The maximum Gasteiger partial charge on any atom is 0.251 e. The van der Waals surface area contributed by atoms with Crippen LogP contribution in [0.5, 0.6) is 0 Å². The molecule has 18 heavy (non-hydrogen) atoms. The van der Waals surface area contributed by atoms with Crippen LogP contribution in [-0.2, 0) is 0 Å². The molecule has 1 N–H and O–H groups in total. The molecule has 0 heterocycles. The second-order valence-electron chi connectivity index (χ2n) is 5.26. The third-order valence-corrected chi connectivity index (χ3v) is 3.65. The van der Waals surface area contributed by atoms with Crippen LogP contribution in [-0.4, -0.2) is 11.4 Å². The predicted octanol–water partition coefficient (Wildman–Crippen LogP) is 3.01. The highest BCUT2D eigenvalue weighted by Gasteiger charge is 2.28. The Labute approximate surface area is 108 Å². The van der Waals surface area contributed by atoms with Gasteiger partial charge in [0.2, 0.25) is 0 Å². The largest absolute Gasteiger partial charge is 0.347 e. The van der Waals surface area contributed by atoms with E-state index in [-0.39, 0.29) is 11.4 Å². The van der Waals surface area contributed by atoms with Crippen LogP contribution in [0.25, 0.3) is 0 Å². The summed E-state index contributed by atoms with van der Waals surface area (Å²) in [7, 11) is 0. The van der Waals surface area contributed by atoms with Crippen molar-refractivity contribution in [2.75, 3.05) is 0 Å². The molecule has 3 nitrogen and oxygen atoms in total. The molecule has 0 aromatic heterocycles. The van der Waals surface area contributed by atoms with Crippen LogP contribution in [0.15, 0.2) is 24.3 Å². The highest BCUT2D eigenvalue weighted by atomic mass is 16.1. The van der Waals surface area contributed by atoms with Gasteiger partial charge >= 0.3 is 0 Å². The number of benzene rings is 1. The van der Waals surface area contributed by atoms with Crippen molar-refractivity contribution in [3.05, 3.63) is 35.4 Å². The summed E-state index contributed by atoms with van der Waals surface area (Å²) >= 11 is 0. The molecule has 0 atom stereocenters. The van der Waals surface area contributed by atoms with Crippen LogP contribution in [0.1, 0.15) is 54.9 Å². The van der Waals surface area contributed by atoms with Gasteiger partial charge in [-0.1, -0.05) is 19.3 Å². The molecule has 0 unspecified atom stereocenters. The smallest absolute Gasteiger partial charge is 0.251 e. The Kier molecular flexibility index (Phi) is 3.66. The van der Waals surface area contributed by atoms with Crippen LogP contribution in [0.3, 0.4) is 0 Å². The topological polar surface area (TPSA) is 52.9 Å². The molecule has 0 saturated heterocycles. The Hall–Kier alpha value is -1.82. The Morgan fingerprint density at radius 3 is 2.39 bits per heavy atom. The van der Waals surface area contributed by atoms with E-state index in [4.69, 9.17) is 5.26 Å². The molecule has 1 aliphatic carbocycles. The van der Waals surface area contributed by atoms with E-state index in [2.05, 4.69) is 18.3 Å². The summed E-state index contributed by atoms with van der Waals surface area (Å²) in [6.45, 7) is 2.12. The first-order chi connectivity index (χ1) is 8.63. The molecule has 0 aliphatic heterocycles. The van der Waals surface area contributed by atoms with E-state index in [1.807, 2.05) is 0 Å². The minimum Gasteiger partial charge on any atom is -0.347 e. The Balaban J connectivity index is 2.04. The number of nitrogens with zero attached hydrogens (tertiary/aromatic N) is 1. The van der Waals surface area contributed by atoms with Crippen molar-refractivity contribution in [1.82, 2.24) is 5.32 Å². The van der Waals surface area contributed by atoms with Crippen LogP contribution < -0.4 is 5.32 Å². The zero-order valence-electron chi connectivity index (χ0n) is 10.7. The molecule has 94 valence electrons. The van der Waals surface area contributed by atoms with Gasteiger partial charge in [0.25, 0.3) is 5.91 Å². The van der Waals surface area contributed by atoms with Gasteiger partial charge < -0.3 is 5.32 Å². The van der Waals surface area contributed by atoms with E-state index in [1.165, 1.54) is 19.3 Å². The molecule has 1 aromatic rings. The van der Waals surface area contributed by atoms with Gasteiger partial charge in [0.15, 0.2) is 0 Å². The third-order valence-electron chi connectivity index (χ3n) is 3.65. The van der Waals surface area contributed by atoms with Crippen molar-refractivity contribution in [2.24, 2.45) is 0 Å². The fourth-order valence-electron chi connectivity index (χ4n) is 2.50. The summed E-state index contributed by atoms with van der Waals surface area (Å²) in [5.41, 5.74) is 1.14. The maximum absolute atomic E-state index is 12.1. The summed E-state index contributed by atoms with van der Waals surface area (Å²) in [4.78, 5) is 12.1. The molecule has 2 rings (SSSR count). The first kappa shape index (κ1) is 12.6. The number of hydrogen-bond donors (Lipinski definition) is 1. The number of hydrogen-bond acceptors (Lipinski definition) is 2. The van der Waals surface area contributed by atoms with Crippen LogP contribution >= 0.6 is 0 Å². The average molecular weight is 242 g/mol. The van der Waals surface area contributed by atoms with Gasteiger partial charge in [-0.2, -0.15) is 5.26 Å². The summed E-state index contributed by atoms with van der Waals surface area (Å²) in [5.74, 6) is -0.0381. The van der Waals surface area contributed by atoms with Crippen molar-refractivity contribution < 1.29 is 4.79 Å². The molecule has 0 spiro atoms. The van der Waals surface area contributed by atoms with Gasteiger partial charge in [-0.05, 0) is 44.0 Å². The number of rotatable bonds is 2. The summed E-state index contributed by atoms with van der Waals surface area (Å²) < 4.78 is 0. The van der Waals surface area contributed by atoms with Crippen molar-refractivity contribution in [3.8, 4) is 6.07 Å². The Morgan fingerprint density at radius 1 is 1.22 bits per heavy atom. The highest BCUT2D eigenvalue weighted by Crippen LogP contribution is 2.27. The van der Waals surface area contributed by atoms with Crippen molar-refractivity contribution in [2.45, 2.75) is 44.6 Å². The zero-order chi connectivity index (χ0) is 13.0. The number of nitriles is 1. The van der Waals surface area contributed by atoms with Gasteiger partial charge in [-0.15, -0.1) is 0 Å². The lowest BCUT2D eigenvalue weighted by Crippen LogP contribution is -2.47. The summed E-state index contributed by atoms with van der Waals surface area (Å²) in [6, 6.07) is 8.82. The molecular formula is C15H18N2O. The van der Waals surface area contributed by atoms with E-state index in [0.29, 0.717) is 11.1 Å². The molecule has 1 fully saturated rings. The van der Waals surface area contributed by atoms with Crippen LogP contribution in [0, 0.1) is 11.3 Å². The Morgan fingerprint density at radius 2 is 1.83 bits per heavy atom. The normalized spacial score (nSPS) is 17.8. The third kappa shape index (κ3) is 2.89.